The van der Waals surface area contributed by atoms with Crippen molar-refractivity contribution in [2.45, 2.75) is 59.9 Å². The number of benzene rings is 1. The number of hydrogen-bond acceptors (Lipinski definition) is 1. The number of likely N-dealkylation sites (tertiary alicyclic amines) is 1. The van der Waals surface area contributed by atoms with Gasteiger partial charge in [0.25, 0.3) is 0 Å². The Hall–Kier alpha value is -1.09. The summed E-state index contributed by atoms with van der Waals surface area (Å²) in [6.07, 6.45) is 3.83. The lowest BCUT2D eigenvalue weighted by Crippen LogP contribution is -2.40. The molecule has 0 aromatic heterocycles. The van der Waals surface area contributed by atoms with Gasteiger partial charge in [-0.25, -0.2) is 0 Å². The van der Waals surface area contributed by atoms with E-state index in [0.717, 1.165) is 11.7 Å². The molecule has 2 atom stereocenters. The van der Waals surface area contributed by atoms with Crippen molar-refractivity contribution in [2.75, 3.05) is 11.9 Å². The SMILES string of the molecule is Cc1cccc(C)c1NC(=S)N1C[C@]2(C)C[C@@H]1CC(C)(C)C2. The average molecular weight is 317 g/mol. The molecule has 1 saturated heterocycles. The first-order chi connectivity index (χ1) is 10.2. The molecule has 0 radical (unpaired) electrons. The third-order valence-electron chi connectivity index (χ3n) is 5.39. The summed E-state index contributed by atoms with van der Waals surface area (Å²) >= 11 is 5.78. The van der Waals surface area contributed by atoms with E-state index in [9.17, 15) is 0 Å². The number of nitrogens with zero attached hydrogens (tertiary/aromatic N) is 1. The minimum atomic E-state index is 0.416. The van der Waals surface area contributed by atoms with E-state index in [1.165, 1.54) is 36.1 Å². The normalized spacial score (nSPS) is 29.5. The Bertz CT molecular complexity index is 587. The second-order valence-corrected chi connectivity index (χ2v) is 8.93. The smallest absolute Gasteiger partial charge is 0.173 e. The zero-order chi connectivity index (χ0) is 16.1. The topological polar surface area (TPSA) is 15.3 Å². The molecule has 3 rings (SSSR count). The zero-order valence-electron chi connectivity index (χ0n) is 14.5. The highest BCUT2D eigenvalue weighted by molar-refractivity contribution is 7.80. The maximum absolute atomic E-state index is 5.78. The summed E-state index contributed by atoms with van der Waals surface area (Å²) in [5, 5.41) is 4.44. The molecule has 1 saturated carbocycles. The monoisotopic (exact) mass is 316 g/mol. The van der Waals surface area contributed by atoms with Crippen molar-refractivity contribution in [3.63, 3.8) is 0 Å². The van der Waals surface area contributed by atoms with E-state index < -0.39 is 0 Å². The summed E-state index contributed by atoms with van der Waals surface area (Å²) in [6.45, 7) is 12.6. The molecule has 2 aliphatic rings. The van der Waals surface area contributed by atoms with Crippen molar-refractivity contribution in [2.24, 2.45) is 10.8 Å². The Balaban J connectivity index is 1.79. The first kappa shape index (κ1) is 15.8. The Morgan fingerprint density at radius 1 is 1.18 bits per heavy atom. The Morgan fingerprint density at radius 3 is 2.45 bits per heavy atom. The van der Waals surface area contributed by atoms with Crippen LogP contribution in [0.1, 0.15) is 51.2 Å². The van der Waals surface area contributed by atoms with E-state index in [2.05, 4.69) is 63.0 Å². The van der Waals surface area contributed by atoms with Crippen LogP contribution in [0.3, 0.4) is 0 Å². The molecule has 2 fully saturated rings. The molecule has 22 heavy (non-hydrogen) atoms. The third-order valence-corrected chi connectivity index (χ3v) is 5.73. The molecule has 120 valence electrons. The molecule has 0 spiro atoms. The molecule has 1 aromatic carbocycles. The van der Waals surface area contributed by atoms with Crippen LogP contribution in [0, 0.1) is 24.7 Å². The van der Waals surface area contributed by atoms with Crippen molar-refractivity contribution in [3.8, 4) is 0 Å². The molecule has 1 aliphatic carbocycles. The fraction of sp³-hybridized carbons (Fsp3) is 0.632. The van der Waals surface area contributed by atoms with Gasteiger partial charge in [0.1, 0.15) is 0 Å². The van der Waals surface area contributed by atoms with E-state index in [0.29, 0.717) is 16.9 Å². The van der Waals surface area contributed by atoms with Crippen molar-refractivity contribution >= 4 is 23.0 Å². The van der Waals surface area contributed by atoms with E-state index in [-0.39, 0.29) is 0 Å². The lowest BCUT2D eigenvalue weighted by atomic mass is 9.65. The standard InChI is InChI=1S/C19H28N2S/c1-13-7-6-8-14(2)16(13)20-17(22)21-12-19(5)10-15(21)9-18(3,4)11-19/h6-8,15H,9-12H2,1-5H3,(H,20,22)/t15-,19+/m0/s1. The molecule has 0 unspecified atom stereocenters. The summed E-state index contributed by atoms with van der Waals surface area (Å²) in [6, 6.07) is 6.99. The maximum atomic E-state index is 5.78. The highest BCUT2D eigenvalue weighted by Gasteiger charge is 2.50. The van der Waals surface area contributed by atoms with E-state index in [1.807, 2.05) is 0 Å². The lowest BCUT2D eigenvalue weighted by molar-refractivity contribution is 0.132. The van der Waals surface area contributed by atoms with Gasteiger partial charge in [0.15, 0.2) is 5.11 Å². The minimum absolute atomic E-state index is 0.416. The number of fused-ring (bicyclic) bond motifs is 2. The summed E-state index contributed by atoms with van der Waals surface area (Å²) in [4.78, 5) is 2.45. The quantitative estimate of drug-likeness (QED) is 0.742. The molecule has 2 nitrogen and oxygen atoms in total. The van der Waals surface area contributed by atoms with Gasteiger partial charge in [0.2, 0.25) is 0 Å². The van der Waals surface area contributed by atoms with E-state index in [4.69, 9.17) is 12.2 Å². The Morgan fingerprint density at radius 2 is 1.82 bits per heavy atom. The average Bonchev–Trinajstić information content (AvgIpc) is 2.63. The third kappa shape index (κ3) is 2.88. The van der Waals surface area contributed by atoms with Gasteiger partial charge in [0.05, 0.1) is 0 Å². The van der Waals surface area contributed by atoms with Crippen molar-refractivity contribution in [1.29, 1.82) is 0 Å². The van der Waals surface area contributed by atoms with Gasteiger partial charge in [-0.3, -0.25) is 0 Å². The highest BCUT2D eigenvalue weighted by atomic mass is 32.1. The van der Waals surface area contributed by atoms with Crippen LogP contribution >= 0.6 is 12.2 Å². The summed E-state index contributed by atoms with van der Waals surface area (Å²) in [5.74, 6) is 0. The van der Waals surface area contributed by atoms with Crippen LogP contribution in [0.5, 0.6) is 0 Å². The van der Waals surface area contributed by atoms with E-state index >= 15 is 0 Å². The molecule has 1 heterocycles. The van der Waals surface area contributed by atoms with Gasteiger partial charge in [-0.2, -0.15) is 0 Å². The molecule has 0 amide bonds. The number of thiocarbonyl (C=S) groups is 1. The minimum Gasteiger partial charge on any atom is -0.345 e. The predicted octanol–water partition coefficient (Wildman–Crippen LogP) is 4.90. The van der Waals surface area contributed by atoms with Gasteiger partial charge in [0, 0.05) is 18.3 Å². The van der Waals surface area contributed by atoms with Crippen LogP contribution in [0.25, 0.3) is 0 Å². The Kier molecular flexibility index (Phi) is 3.75. The van der Waals surface area contributed by atoms with Crippen LogP contribution < -0.4 is 5.32 Å². The van der Waals surface area contributed by atoms with Crippen molar-refractivity contribution in [3.05, 3.63) is 29.3 Å². The predicted molar refractivity (Wildman–Crippen MR) is 98.4 cm³/mol. The van der Waals surface area contributed by atoms with Crippen molar-refractivity contribution in [1.82, 2.24) is 4.90 Å². The van der Waals surface area contributed by atoms with Gasteiger partial charge in [-0.1, -0.05) is 39.0 Å². The molecule has 1 aromatic rings. The largest absolute Gasteiger partial charge is 0.345 e. The highest BCUT2D eigenvalue weighted by Crippen LogP contribution is 2.52. The molecule has 1 aliphatic heterocycles. The molecular weight excluding hydrogens is 288 g/mol. The first-order valence-electron chi connectivity index (χ1n) is 8.33. The van der Waals surface area contributed by atoms with Crippen LogP contribution in [0.4, 0.5) is 5.69 Å². The number of rotatable bonds is 1. The van der Waals surface area contributed by atoms with Crippen LogP contribution in [-0.4, -0.2) is 22.6 Å². The number of para-hydroxylation sites is 1. The molecular formula is C19H28N2S. The van der Waals surface area contributed by atoms with Gasteiger partial charge in [-0.15, -0.1) is 0 Å². The Labute approximate surface area is 140 Å². The molecule has 2 bridgehead atoms. The number of hydrogen-bond donors (Lipinski definition) is 1. The molecule has 1 N–H and O–H groups in total. The van der Waals surface area contributed by atoms with Gasteiger partial charge >= 0.3 is 0 Å². The van der Waals surface area contributed by atoms with Crippen LogP contribution in [-0.2, 0) is 0 Å². The van der Waals surface area contributed by atoms with Crippen LogP contribution in [0.2, 0.25) is 0 Å². The fourth-order valence-corrected chi connectivity index (χ4v) is 5.20. The summed E-state index contributed by atoms with van der Waals surface area (Å²) in [7, 11) is 0. The van der Waals surface area contributed by atoms with Crippen molar-refractivity contribution < 1.29 is 0 Å². The number of anilines is 1. The van der Waals surface area contributed by atoms with Crippen LogP contribution in [0.15, 0.2) is 18.2 Å². The number of nitrogens with one attached hydrogen (secondary N) is 1. The summed E-state index contributed by atoms with van der Waals surface area (Å²) < 4.78 is 0. The van der Waals surface area contributed by atoms with Gasteiger partial charge in [-0.05, 0) is 67.3 Å². The number of aryl methyl sites for hydroxylation is 2. The van der Waals surface area contributed by atoms with Gasteiger partial charge < -0.3 is 10.2 Å². The molecule has 3 heteroatoms. The zero-order valence-corrected chi connectivity index (χ0v) is 15.3. The fourth-order valence-electron chi connectivity index (χ4n) is 4.89. The lowest BCUT2D eigenvalue weighted by Gasteiger charge is -2.39. The van der Waals surface area contributed by atoms with E-state index in [1.54, 1.807) is 0 Å². The summed E-state index contributed by atoms with van der Waals surface area (Å²) in [5.41, 5.74) is 4.55. The second kappa shape index (κ2) is 5.23. The second-order valence-electron chi connectivity index (χ2n) is 8.54. The first-order valence-corrected chi connectivity index (χ1v) is 8.74. The maximum Gasteiger partial charge on any atom is 0.173 e.